The number of halogens is 3. The Hall–Kier alpha value is -2.50. The van der Waals surface area contributed by atoms with E-state index in [2.05, 4.69) is 0 Å². The van der Waals surface area contributed by atoms with Crippen LogP contribution in [0.5, 0.6) is 11.5 Å². The molecule has 6 heteroatoms. The Morgan fingerprint density at radius 1 is 0.947 bits per heavy atom. The lowest BCUT2D eigenvalue weighted by Crippen LogP contribution is -2.14. The highest BCUT2D eigenvalue weighted by Gasteiger charge is 2.16. The molecule has 0 aliphatic rings. The normalized spacial score (nSPS) is 10.3. The molecule has 0 bridgehead atoms. The van der Waals surface area contributed by atoms with Gasteiger partial charge >= 0.3 is 0 Å². The molecule has 0 radical (unpaired) electrons. The molecule has 2 aromatic rings. The minimum Gasteiger partial charge on any atom is -0.453 e. The Bertz CT molecular complexity index is 644. The zero-order valence-corrected chi connectivity index (χ0v) is 9.58. The van der Waals surface area contributed by atoms with Gasteiger partial charge < -0.3 is 10.5 Å². The molecule has 0 saturated carbocycles. The summed E-state index contributed by atoms with van der Waals surface area (Å²) in [6.45, 7) is 0. The monoisotopic (exact) mass is 266 g/mol. The lowest BCUT2D eigenvalue weighted by molar-refractivity contribution is 0.413. The van der Waals surface area contributed by atoms with Crippen molar-refractivity contribution in [3.05, 3.63) is 59.4 Å². The second-order valence-electron chi connectivity index (χ2n) is 3.68. The lowest BCUT2D eigenvalue weighted by Gasteiger charge is -2.11. The quantitative estimate of drug-likeness (QED) is 0.662. The maximum atomic E-state index is 13.5. The van der Waals surface area contributed by atoms with E-state index >= 15 is 0 Å². The summed E-state index contributed by atoms with van der Waals surface area (Å²) >= 11 is 0. The largest absolute Gasteiger partial charge is 0.453 e. The van der Waals surface area contributed by atoms with Crippen molar-refractivity contribution < 1.29 is 17.9 Å². The minimum absolute atomic E-state index is 0.156. The zero-order chi connectivity index (χ0) is 14.0. The first kappa shape index (κ1) is 12.9. The van der Waals surface area contributed by atoms with Crippen molar-refractivity contribution in [2.75, 3.05) is 0 Å². The van der Waals surface area contributed by atoms with Gasteiger partial charge in [0.25, 0.3) is 0 Å². The fourth-order valence-corrected chi connectivity index (χ4v) is 1.53. The van der Waals surface area contributed by atoms with Crippen LogP contribution < -0.4 is 10.5 Å². The molecule has 0 unspecified atom stereocenters. The van der Waals surface area contributed by atoms with Crippen LogP contribution in [-0.2, 0) is 0 Å². The number of nitrogens with two attached hydrogens (primary N) is 1. The molecule has 3 nitrogen and oxygen atoms in total. The molecule has 19 heavy (non-hydrogen) atoms. The van der Waals surface area contributed by atoms with Gasteiger partial charge in [0.2, 0.25) is 5.82 Å². The molecule has 0 aliphatic heterocycles. The van der Waals surface area contributed by atoms with Crippen molar-refractivity contribution >= 4 is 5.84 Å². The summed E-state index contributed by atoms with van der Waals surface area (Å²) < 4.78 is 45.1. The molecule has 2 aromatic carbocycles. The Kier molecular flexibility index (Phi) is 3.41. The lowest BCUT2D eigenvalue weighted by atomic mass is 10.1. The van der Waals surface area contributed by atoms with E-state index in [0.29, 0.717) is 0 Å². The van der Waals surface area contributed by atoms with Gasteiger partial charge in [-0.2, -0.15) is 4.39 Å². The highest BCUT2D eigenvalue weighted by atomic mass is 19.2. The number of benzene rings is 2. The van der Waals surface area contributed by atoms with Gasteiger partial charge in [-0.15, -0.1) is 0 Å². The van der Waals surface area contributed by atoms with Crippen LogP contribution >= 0.6 is 0 Å². The fraction of sp³-hybridized carbons (Fsp3) is 0. The molecule has 0 fully saturated rings. The third-order valence-electron chi connectivity index (χ3n) is 2.38. The first-order chi connectivity index (χ1) is 9.00. The maximum absolute atomic E-state index is 13.5. The van der Waals surface area contributed by atoms with Crippen LogP contribution in [0.15, 0.2) is 36.4 Å². The molecule has 98 valence electrons. The smallest absolute Gasteiger partial charge is 0.201 e. The average Bonchev–Trinajstić information content (AvgIpc) is 2.34. The second-order valence-corrected chi connectivity index (χ2v) is 3.68. The predicted octanol–water partition coefficient (Wildman–Crippen LogP) is 3.18. The molecule has 0 saturated heterocycles. The van der Waals surface area contributed by atoms with Crippen LogP contribution in [0.4, 0.5) is 13.2 Å². The van der Waals surface area contributed by atoms with E-state index in [1.165, 1.54) is 24.3 Å². The summed E-state index contributed by atoms with van der Waals surface area (Å²) in [5.74, 6) is -4.18. The molecule has 0 amide bonds. The molecular formula is C13H9F3N2O. The van der Waals surface area contributed by atoms with Gasteiger partial charge in [-0.25, -0.2) is 8.78 Å². The maximum Gasteiger partial charge on any atom is 0.201 e. The van der Waals surface area contributed by atoms with Gasteiger partial charge in [-0.3, -0.25) is 5.41 Å². The Balaban J connectivity index is 2.47. The van der Waals surface area contributed by atoms with Crippen molar-refractivity contribution in [1.29, 1.82) is 5.41 Å². The van der Waals surface area contributed by atoms with E-state index in [4.69, 9.17) is 15.9 Å². The molecule has 0 aliphatic carbocycles. The highest BCUT2D eigenvalue weighted by molar-refractivity contribution is 5.98. The SMILES string of the molecule is N=C(N)c1c(F)cccc1Oc1cccc(F)c1F. The Morgan fingerprint density at radius 3 is 2.16 bits per heavy atom. The van der Waals surface area contributed by atoms with Crippen LogP contribution in [0, 0.1) is 22.9 Å². The summed E-state index contributed by atoms with van der Waals surface area (Å²) in [4.78, 5) is 0. The first-order valence-electron chi connectivity index (χ1n) is 5.25. The van der Waals surface area contributed by atoms with Gasteiger partial charge in [0.05, 0.1) is 5.56 Å². The second kappa shape index (κ2) is 5.01. The van der Waals surface area contributed by atoms with Crippen LogP contribution in [0.25, 0.3) is 0 Å². The van der Waals surface area contributed by atoms with E-state index in [9.17, 15) is 13.2 Å². The van der Waals surface area contributed by atoms with Crippen molar-refractivity contribution in [1.82, 2.24) is 0 Å². The first-order valence-corrected chi connectivity index (χ1v) is 5.25. The zero-order valence-electron chi connectivity index (χ0n) is 9.58. The van der Waals surface area contributed by atoms with E-state index < -0.39 is 29.0 Å². The number of hydrogen-bond acceptors (Lipinski definition) is 2. The van der Waals surface area contributed by atoms with Crippen LogP contribution in [0.2, 0.25) is 0 Å². The van der Waals surface area contributed by atoms with Gasteiger partial charge in [0, 0.05) is 0 Å². The number of nitrogens with one attached hydrogen (secondary N) is 1. The average molecular weight is 266 g/mol. The van der Waals surface area contributed by atoms with Gasteiger partial charge in [0.15, 0.2) is 11.6 Å². The summed E-state index contributed by atoms with van der Waals surface area (Å²) in [5.41, 5.74) is 4.93. The molecule has 0 heterocycles. The van der Waals surface area contributed by atoms with E-state index in [1.54, 1.807) is 0 Å². The molecular weight excluding hydrogens is 257 g/mol. The Morgan fingerprint density at radius 2 is 1.53 bits per heavy atom. The molecule has 0 aromatic heterocycles. The van der Waals surface area contributed by atoms with Gasteiger partial charge in [-0.1, -0.05) is 12.1 Å². The third kappa shape index (κ3) is 2.52. The summed E-state index contributed by atoms with van der Waals surface area (Å²) in [6.07, 6.45) is 0. The topological polar surface area (TPSA) is 59.1 Å². The minimum atomic E-state index is -1.19. The number of ether oxygens (including phenoxy) is 1. The van der Waals surface area contributed by atoms with Crippen molar-refractivity contribution in [3.8, 4) is 11.5 Å². The predicted molar refractivity (Wildman–Crippen MR) is 63.8 cm³/mol. The number of hydrogen-bond donors (Lipinski definition) is 2. The van der Waals surface area contributed by atoms with Gasteiger partial charge in [-0.05, 0) is 24.3 Å². The van der Waals surface area contributed by atoms with Crippen LogP contribution in [0.3, 0.4) is 0 Å². The molecule has 0 atom stereocenters. The summed E-state index contributed by atoms with van der Waals surface area (Å²) in [6, 6.07) is 7.08. The molecule has 3 N–H and O–H groups in total. The van der Waals surface area contributed by atoms with Gasteiger partial charge in [0.1, 0.15) is 17.4 Å². The highest BCUT2D eigenvalue weighted by Crippen LogP contribution is 2.29. The standard InChI is InChI=1S/C13H9F3N2O/c14-7-3-1-5-9(11(7)13(17)18)19-10-6-2-4-8(15)12(10)16/h1-6H,(H3,17,18). The number of rotatable bonds is 3. The van der Waals surface area contributed by atoms with Crippen molar-refractivity contribution in [3.63, 3.8) is 0 Å². The molecule has 2 rings (SSSR count). The van der Waals surface area contributed by atoms with Crippen LogP contribution in [0.1, 0.15) is 5.56 Å². The fourth-order valence-electron chi connectivity index (χ4n) is 1.53. The van der Waals surface area contributed by atoms with E-state index in [1.807, 2.05) is 0 Å². The third-order valence-corrected chi connectivity index (χ3v) is 2.38. The van der Waals surface area contributed by atoms with Crippen molar-refractivity contribution in [2.24, 2.45) is 5.73 Å². The number of nitrogen functional groups attached to an aromatic ring is 1. The van der Waals surface area contributed by atoms with Crippen molar-refractivity contribution in [2.45, 2.75) is 0 Å². The van der Waals surface area contributed by atoms with Crippen LogP contribution in [-0.4, -0.2) is 5.84 Å². The van der Waals surface area contributed by atoms with E-state index in [0.717, 1.165) is 12.1 Å². The molecule has 0 spiro atoms. The summed E-state index contributed by atoms with van der Waals surface area (Å²) in [7, 11) is 0. The number of amidine groups is 1. The Labute approximate surface area is 106 Å². The summed E-state index contributed by atoms with van der Waals surface area (Å²) in [5, 5.41) is 7.27. The van der Waals surface area contributed by atoms with E-state index in [-0.39, 0.29) is 11.3 Å².